The summed E-state index contributed by atoms with van der Waals surface area (Å²) < 4.78 is 0. The topological polar surface area (TPSA) is 37.8 Å². The first kappa shape index (κ1) is 13.0. The summed E-state index contributed by atoms with van der Waals surface area (Å²) in [5, 5.41) is 3.42. The van der Waals surface area contributed by atoms with Gasteiger partial charge in [0.05, 0.1) is 11.4 Å². The maximum atomic E-state index is 4.96. The van der Waals surface area contributed by atoms with Crippen LogP contribution >= 0.6 is 0 Å². The van der Waals surface area contributed by atoms with Crippen molar-refractivity contribution in [1.29, 1.82) is 0 Å². The van der Waals surface area contributed by atoms with Gasteiger partial charge in [0.1, 0.15) is 5.82 Å². The Morgan fingerprint density at radius 1 is 1.05 bits per heavy atom. The molecule has 0 bridgehead atoms. The van der Waals surface area contributed by atoms with E-state index < -0.39 is 0 Å². The molecule has 21 heavy (non-hydrogen) atoms. The Labute approximate surface area is 125 Å². The Balaban J connectivity index is 1.73. The van der Waals surface area contributed by atoms with Gasteiger partial charge in [-0.15, -0.1) is 0 Å². The van der Waals surface area contributed by atoms with Crippen molar-refractivity contribution in [3.05, 3.63) is 58.2 Å². The molecule has 3 heteroatoms. The molecule has 0 saturated carbocycles. The summed E-state index contributed by atoms with van der Waals surface area (Å²) >= 11 is 0. The second-order valence-electron chi connectivity index (χ2n) is 6.52. The summed E-state index contributed by atoms with van der Waals surface area (Å²) in [4.78, 5) is 9.85. The number of fused-ring (bicyclic) bond motifs is 2. The molecule has 4 rings (SSSR count). The first-order valence-electron chi connectivity index (χ1n) is 7.89. The molecule has 1 aromatic carbocycles. The van der Waals surface area contributed by atoms with Gasteiger partial charge in [0.2, 0.25) is 0 Å². The van der Waals surface area contributed by atoms with Gasteiger partial charge in [-0.25, -0.2) is 9.97 Å². The molecule has 1 aliphatic heterocycles. The van der Waals surface area contributed by atoms with Gasteiger partial charge in [0, 0.05) is 24.6 Å². The maximum absolute atomic E-state index is 4.96. The van der Waals surface area contributed by atoms with E-state index in [4.69, 9.17) is 9.97 Å². The van der Waals surface area contributed by atoms with Gasteiger partial charge in [0.15, 0.2) is 0 Å². The largest absolute Gasteiger partial charge is 0.307 e. The lowest BCUT2D eigenvalue weighted by atomic mass is 10.0. The van der Waals surface area contributed by atoms with Gasteiger partial charge in [-0.3, -0.25) is 0 Å². The molecule has 0 spiro atoms. The van der Waals surface area contributed by atoms with Crippen LogP contribution in [0, 0.1) is 0 Å². The van der Waals surface area contributed by atoms with Crippen LogP contribution in [-0.4, -0.2) is 9.97 Å². The summed E-state index contributed by atoms with van der Waals surface area (Å²) in [7, 11) is 0. The smallest absolute Gasteiger partial charge is 0.132 e. The van der Waals surface area contributed by atoms with Crippen LogP contribution in [0.5, 0.6) is 0 Å². The Bertz CT molecular complexity index is 666. The van der Waals surface area contributed by atoms with E-state index in [0.29, 0.717) is 11.8 Å². The second kappa shape index (κ2) is 4.92. The predicted molar refractivity (Wildman–Crippen MR) is 83.3 cm³/mol. The van der Waals surface area contributed by atoms with Crippen LogP contribution < -0.4 is 5.32 Å². The van der Waals surface area contributed by atoms with Gasteiger partial charge >= 0.3 is 0 Å². The molecule has 0 fully saturated rings. The molecule has 2 heterocycles. The third-order valence-electron chi connectivity index (χ3n) is 4.70. The molecule has 1 aliphatic carbocycles. The van der Waals surface area contributed by atoms with Gasteiger partial charge in [-0.05, 0) is 29.9 Å². The van der Waals surface area contributed by atoms with Crippen molar-refractivity contribution in [1.82, 2.24) is 15.3 Å². The van der Waals surface area contributed by atoms with Crippen LogP contribution in [0.1, 0.15) is 59.6 Å². The molecule has 3 nitrogen and oxygen atoms in total. The first-order chi connectivity index (χ1) is 10.2. The Hall–Kier alpha value is -1.74. The number of rotatable bonds is 2. The quantitative estimate of drug-likeness (QED) is 0.918. The van der Waals surface area contributed by atoms with Crippen molar-refractivity contribution < 1.29 is 0 Å². The summed E-state index contributed by atoms with van der Waals surface area (Å²) in [5.74, 6) is 1.97. The van der Waals surface area contributed by atoms with Gasteiger partial charge in [0.25, 0.3) is 0 Å². The number of benzene rings is 1. The number of hydrogen-bond acceptors (Lipinski definition) is 3. The van der Waals surface area contributed by atoms with E-state index in [1.54, 1.807) is 0 Å². The fourth-order valence-corrected chi connectivity index (χ4v) is 3.62. The Morgan fingerprint density at radius 3 is 2.43 bits per heavy atom. The minimum atomic E-state index is 0.450. The second-order valence-corrected chi connectivity index (χ2v) is 6.52. The molecule has 2 aromatic rings. The summed E-state index contributed by atoms with van der Waals surface area (Å²) in [6.45, 7) is 6.28. The molecule has 0 saturated heterocycles. The average Bonchev–Trinajstić information content (AvgIpc) is 3.11. The van der Waals surface area contributed by atoms with Crippen LogP contribution in [0.25, 0.3) is 0 Å². The lowest BCUT2D eigenvalue weighted by Crippen LogP contribution is -2.11. The molecule has 1 aromatic heterocycles. The molecule has 108 valence electrons. The number of hydrogen-bond donors (Lipinski definition) is 1. The molecule has 0 radical (unpaired) electrons. The van der Waals surface area contributed by atoms with Crippen molar-refractivity contribution in [3.8, 4) is 0 Å². The lowest BCUT2D eigenvalue weighted by molar-refractivity contribution is 0.655. The third-order valence-corrected chi connectivity index (χ3v) is 4.70. The third kappa shape index (κ3) is 2.16. The van der Waals surface area contributed by atoms with Crippen LogP contribution in [0.2, 0.25) is 0 Å². The van der Waals surface area contributed by atoms with Gasteiger partial charge in [-0.1, -0.05) is 38.1 Å². The summed E-state index contributed by atoms with van der Waals surface area (Å²) in [6.07, 6.45) is 2.17. The molecule has 1 N–H and O–H groups in total. The molecule has 2 aliphatic rings. The van der Waals surface area contributed by atoms with Crippen LogP contribution in [-0.2, 0) is 25.9 Å². The summed E-state index contributed by atoms with van der Waals surface area (Å²) in [6, 6.07) is 8.75. The highest BCUT2D eigenvalue weighted by Crippen LogP contribution is 2.34. The van der Waals surface area contributed by atoms with E-state index >= 15 is 0 Å². The monoisotopic (exact) mass is 279 g/mol. The van der Waals surface area contributed by atoms with E-state index in [-0.39, 0.29) is 0 Å². The minimum Gasteiger partial charge on any atom is -0.307 e. The maximum Gasteiger partial charge on any atom is 0.132 e. The van der Waals surface area contributed by atoms with E-state index in [0.717, 1.165) is 31.8 Å². The standard InChI is InChI=1S/C18H21N3/c1-11(2)17-15-9-19-10-16(15)20-18(21-17)14-7-12-5-3-4-6-13(12)8-14/h3-6,11,14,19H,7-10H2,1-2H3. The highest BCUT2D eigenvalue weighted by Gasteiger charge is 2.28. The van der Waals surface area contributed by atoms with E-state index in [1.165, 1.54) is 28.1 Å². The Kier molecular flexibility index (Phi) is 3.03. The van der Waals surface area contributed by atoms with E-state index in [9.17, 15) is 0 Å². The van der Waals surface area contributed by atoms with E-state index in [1.807, 2.05) is 0 Å². The lowest BCUT2D eigenvalue weighted by Gasteiger charge is -2.15. The average molecular weight is 279 g/mol. The van der Waals surface area contributed by atoms with Crippen molar-refractivity contribution in [3.63, 3.8) is 0 Å². The highest BCUT2D eigenvalue weighted by molar-refractivity contribution is 5.37. The SMILES string of the molecule is CC(C)c1nc(C2Cc3ccccc3C2)nc2c1CNC2. The molecule has 0 atom stereocenters. The highest BCUT2D eigenvalue weighted by atomic mass is 15.0. The fourth-order valence-electron chi connectivity index (χ4n) is 3.62. The number of nitrogens with zero attached hydrogens (tertiary/aromatic N) is 2. The minimum absolute atomic E-state index is 0.450. The van der Waals surface area contributed by atoms with Crippen molar-refractivity contribution in [2.75, 3.05) is 0 Å². The van der Waals surface area contributed by atoms with E-state index in [2.05, 4.69) is 43.4 Å². The summed E-state index contributed by atoms with van der Waals surface area (Å²) in [5.41, 5.74) is 6.74. The van der Waals surface area contributed by atoms with Gasteiger partial charge < -0.3 is 5.32 Å². The molecule has 0 amide bonds. The van der Waals surface area contributed by atoms with Crippen LogP contribution in [0.3, 0.4) is 0 Å². The zero-order valence-electron chi connectivity index (χ0n) is 12.7. The zero-order chi connectivity index (χ0) is 14.4. The molecular formula is C18H21N3. The molecule has 0 unspecified atom stereocenters. The van der Waals surface area contributed by atoms with Gasteiger partial charge in [-0.2, -0.15) is 0 Å². The van der Waals surface area contributed by atoms with Crippen molar-refractivity contribution >= 4 is 0 Å². The zero-order valence-corrected chi connectivity index (χ0v) is 12.7. The number of nitrogens with one attached hydrogen (secondary N) is 1. The Morgan fingerprint density at radius 2 is 1.76 bits per heavy atom. The molecular weight excluding hydrogens is 258 g/mol. The predicted octanol–water partition coefficient (Wildman–Crippen LogP) is 3.09. The number of aromatic nitrogens is 2. The van der Waals surface area contributed by atoms with Crippen LogP contribution in [0.15, 0.2) is 24.3 Å². The van der Waals surface area contributed by atoms with Crippen LogP contribution in [0.4, 0.5) is 0 Å². The fraction of sp³-hybridized carbons (Fsp3) is 0.444. The van der Waals surface area contributed by atoms with Crippen molar-refractivity contribution in [2.45, 2.75) is 51.6 Å². The normalized spacial score (nSPS) is 17.3. The first-order valence-corrected chi connectivity index (χ1v) is 7.89. The van der Waals surface area contributed by atoms with Crippen molar-refractivity contribution in [2.24, 2.45) is 0 Å².